The number of rotatable bonds is 7. The van der Waals surface area contributed by atoms with E-state index in [2.05, 4.69) is 0 Å². The first-order valence-electron chi connectivity index (χ1n) is 8.08. The fourth-order valence-electron chi connectivity index (χ4n) is 2.87. The van der Waals surface area contributed by atoms with E-state index in [1.165, 1.54) is 4.90 Å². The number of nitrogens with two attached hydrogens (primary N) is 1. The third-order valence-electron chi connectivity index (χ3n) is 4.34. The van der Waals surface area contributed by atoms with Crippen molar-refractivity contribution in [1.82, 2.24) is 4.90 Å². The van der Waals surface area contributed by atoms with Crippen LogP contribution in [0.3, 0.4) is 0 Å². The van der Waals surface area contributed by atoms with Gasteiger partial charge in [-0.05, 0) is 37.1 Å². The Labute approximate surface area is 146 Å². The SMILES string of the molecule is COc1ccc(N(CC(=O)O)CC(=O)N2CCC(C(N)=O)CC2)cc1. The van der Waals surface area contributed by atoms with Crippen LogP contribution in [-0.2, 0) is 14.4 Å². The van der Waals surface area contributed by atoms with Gasteiger partial charge in [-0.3, -0.25) is 14.4 Å². The fourth-order valence-corrected chi connectivity index (χ4v) is 2.87. The smallest absolute Gasteiger partial charge is 0.323 e. The zero-order valence-electron chi connectivity index (χ0n) is 14.2. The first-order chi connectivity index (χ1) is 11.9. The largest absolute Gasteiger partial charge is 0.497 e. The number of nitrogens with zero attached hydrogens (tertiary/aromatic N) is 2. The van der Waals surface area contributed by atoms with Gasteiger partial charge in [0.05, 0.1) is 13.7 Å². The van der Waals surface area contributed by atoms with Gasteiger partial charge in [0.15, 0.2) is 0 Å². The van der Waals surface area contributed by atoms with Gasteiger partial charge in [0.25, 0.3) is 0 Å². The lowest BCUT2D eigenvalue weighted by atomic mass is 9.96. The summed E-state index contributed by atoms with van der Waals surface area (Å²) in [4.78, 5) is 38.0. The number of ether oxygens (including phenoxy) is 1. The number of benzene rings is 1. The van der Waals surface area contributed by atoms with Gasteiger partial charge in [-0.2, -0.15) is 0 Å². The Balaban J connectivity index is 2.02. The summed E-state index contributed by atoms with van der Waals surface area (Å²) in [5.74, 6) is -1.06. The number of anilines is 1. The number of likely N-dealkylation sites (tertiary alicyclic amines) is 1. The zero-order valence-corrected chi connectivity index (χ0v) is 14.2. The highest BCUT2D eigenvalue weighted by molar-refractivity contribution is 5.84. The van der Waals surface area contributed by atoms with Gasteiger partial charge in [-0.1, -0.05) is 0 Å². The monoisotopic (exact) mass is 349 g/mol. The minimum absolute atomic E-state index is 0.0418. The van der Waals surface area contributed by atoms with Crippen LogP contribution >= 0.6 is 0 Å². The van der Waals surface area contributed by atoms with Crippen molar-refractivity contribution in [1.29, 1.82) is 0 Å². The van der Waals surface area contributed by atoms with Crippen LogP contribution in [0.4, 0.5) is 5.69 Å². The lowest BCUT2D eigenvalue weighted by Gasteiger charge is -2.32. The number of carbonyl (C=O) groups is 3. The molecule has 8 heteroatoms. The Morgan fingerprint density at radius 1 is 1.20 bits per heavy atom. The molecule has 0 aliphatic carbocycles. The predicted octanol–water partition coefficient (Wildman–Crippen LogP) is 0.310. The molecule has 0 unspecified atom stereocenters. The topological polar surface area (TPSA) is 113 Å². The number of aliphatic carboxylic acids is 1. The van der Waals surface area contributed by atoms with Crippen LogP contribution in [0, 0.1) is 5.92 Å². The molecule has 1 aromatic carbocycles. The van der Waals surface area contributed by atoms with Crippen LogP contribution in [0.5, 0.6) is 5.75 Å². The third-order valence-corrected chi connectivity index (χ3v) is 4.34. The zero-order chi connectivity index (χ0) is 18.4. The van der Waals surface area contributed by atoms with Crippen LogP contribution < -0.4 is 15.4 Å². The molecule has 1 aliphatic rings. The van der Waals surface area contributed by atoms with Crippen molar-refractivity contribution in [2.24, 2.45) is 11.7 Å². The van der Waals surface area contributed by atoms with E-state index < -0.39 is 5.97 Å². The summed E-state index contributed by atoms with van der Waals surface area (Å²) in [5, 5.41) is 9.12. The molecule has 0 spiro atoms. The maximum Gasteiger partial charge on any atom is 0.323 e. The van der Waals surface area contributed by atoms with E-state index in [4.69, 9.17) is 15.6 Å². The van der Waals surface area contributed by atoms with Crippen LogP contribution in [0.1, 0.15) is 12.8 Å². The second-order valence-electron chi connectivity index (χ2n) is 6.01. The van der Waals surface area contributed by atoms with Crippen molar-refractivity contribution < 1.29 is 24.2 Å². The lowest BCUT2D eigenvalue weighted by molar-refractivity contribution is -0.136. The average molecular weight is 349 g/mol. The Morgan fingerprint density at radius 2 is 1.80 bits per heavy atom. The molecule has 0 saturated carbocycles. The van der Waals surface area contributed by atoms with Gasteiger partial charge in [0, 0.05) is 24.7 Å². The second-order valence-corrected chi connectivity index (χ2v) is 6.01. The maximum absolute atomic E-state index is 12.5. The predicted molar refractivity (Wildman–Crippen MR) is 91.3 cm³/mol. The molecular weight excluding hydrogens is 326 g/mol. The number of primary amides is 1. The Bertz CT molecular complexity index is 624. The minimum Gasteiger partial charge on any atom is -0.497 e. The van der Waals surface area contributed by atoms with E-state index in [1.807, 2.05) is 0 Å². The number of methoxy groups -OCH3 is 1. The standard InChI is InChI=1S/C17H23N3O5/c1-25-14-4-2-13(3-5-14)20(11-16(22)23)10-15(21)19-8-6-12(7-9-19)17(18)24/h2-5,12H,6-11H2,1H3,(H2,18,24)(H,22,23). The van der Waals surface area contributed by atoms with Crippen molar-refractivity contribution in [3.63, 3.8) is 0 Å². The van der Waals surface area contributed by atoms with E-state index >= 15 is 0 Å². The van der Waals surface area contributed by atoms with E-state index in [-0.39, 0.29) is 30.8 Å². The van der Waals surface area contributed by atoms with E-state index in [9.17, 15) is 14.4 Å². The van der Waals surface area contributed by atoms with Gasteiger partial charge in [0.2, 0.25) is 11.8 Å². The molecule has 3 N–H and O–H groups in total. The van der Waals surface area contributed by atoms with Gasteiger partial charge >= 0.3 is 5.97 Å². The Morgan fingerprint density at radius 3 is 2.28 bits per heavy atom. The van der Waals surface area contributed by atoms with Crippen molar-refractivity contribution in [3.05, 3.63) is 24.3 Å². The quantitative estimate of drug-likeness (QED) is 0.732. The second kappa shape index (κ2) is 8.36. The number of amides is 2. The first kappa shape index (κ1) is 18.6. The highest BCUT2D eigenvalue weighted by Gasteiger charge is 2.27. The molecule has 0 atom stereocenters. The van der Waals surface area contributed by atoms with Crippen LogP contribution in [-0.4, -0.2) is 61.1 Å². The molecule has 0 radical (unpaired) electrons. The average Bonchev–Trinajstić information content (AvgIpc) is 2.61. The molecule has 8 nitrogen and oxygen atoms in total. The van der Waals surface area contributed by atoms with Crippen molar-refractivity contribution >= 4 is 23.5 Å². The molecule has 136 valence electrons. The number of carboxylic acids is 1. The number of hydrogen-bond donors (Lipinski definition) is 2. The number of carbonyl (C=O) groups excluding carboxylic acids is 2. The molecular formula is C17H23N3O5. The van der Waals surface area contributed by atoms with Gasteiger partial charge in [-0.25, -0.2) is 0 Å². The van der Waals surface area contributed by atoms with Crippen molar-refractivity contribution in [2.75, 3.05) is 38.2 Å². The van der Waals surface area contributed by atoms with E-state index in [1.54, 1.807) is 36.3 Å². The van der Waals surface area contributed by atoms with Crippen LogP contribution in [0.2, 0.25) is 0 Å². The van der Waals surface area contributed by atoms with Crippen molar-refractivity contribution in [2.45, 2.75) is 12.8 Å². The molecule has 1 saturated heterocycles. The molecule has 25 heavy (non-hydrogen) atoms. The number of carboxylic acid groups (broad SMARTS) is 1. The molecule has 1 aliphatic heterocycles. The molecule has 2 rings (SSSR count). The third kappa shape index (κ3) is 5.10. The van der Waals surface area contributed by atoms with Crippen molar-refractivity contribution in [3.8, 4) is 5.75 Å². The normalized spacial score (nSPS) is 14.8. The van der Waals surface area contributed by atoms with E-state index in [0.29, 0.717) is 37.4 Å². The number of piperidine rings is 1. The van der Waals surface area contributed by atoms with Gasteiger partial charge in [0.1, 0.15) is 12.3 Å². The Kier molecular flexibility index (Phi) is 6.21. The summed E-state index contributed by atoms with van der Waals surface area (Å²) in [7, 11) is 1.54. The molecule has 0 aromatic heterocycles. The van der Waals surface area contributed by atoms with Gasteiger partial charge < -0.3 is 25.4 Å². The van der Waals surface area contributed by atoms with Crippen LogP contribution in [0.15, 0.2) is 24.3 Å². The summed E-state index contributed by atoms with van der Waals surface area (Å²) in [5.41, 5.74) is 5.93. The molecule has 0 bridgehead atoms. The minimum atomic E-state index is -1.02. The van der Waals surface area contributed by atoms with Gasteiger partial charge in [-0.15, -0.1) is 0 Å². The summed E-state index contributed by atoms with van der Waals surface area (Å²) in [6.45, 7) is 0.585. The lowest BCUT2D eigenvalue weighted by Crippen LogP contribution is -2.46. The molecule has 1 aromatic rings. The highest BCUT2D eigenvalue weighted by atomic mass is 16.5. The Hall–Kier alpha value is -2.77. The summed E-state index contributed by atoms with van der Waals surface area (Å²) in [6.07, 6.45) is 1.09. The molecule has 1 fully saturated rings. The molecule has 2 amide bonds. The highest BCUT2D eigenvalue weighted by Crippen LogP contribution is 2.21. The summed E-state index contributed by atoms with van der Waals surface area (Å²) >= 11 is 0. The summed E-state index contributed by atoms with van der Waals surface area (Å²) < 4.78 is 5.09. The maximum atomic E-state index is 12.5. The van der Waals surface area contributed by atoms with E-state index in [0.717, 1.165) is 0 Å². The molecule has 1 heterocycles. The first-order valence-corrected chi connectivity index (χ1v) is 8.08. The van der Waals surface area contributed by atoms with Crippen LogP contribution in [0.25, 0.3) is 0 Å². The summed E-state index contributed by atoms with van der Waals surface area (Å²) in [6, 6.07) is 6.86. The number of hydrogen-bond acceptors (Lipinski definition) is 5. The fraction of sp³-hybridized carbons (Fsp3) is 0.471.